The average molecular weight is 377 g/mol. The van der Waals surface area contributed by atoms with Gasteiger partial charge >= 0.3 is 0 Å². The Labute approximate surface area is 157 Å². The van der Waals surface area contributed by atoms with Gasteiger partial charge in [-0.25, -0.2) is 8.42 Å². The maximum absolute atomic E-state index is 11.6. The molecule has 0 saturated carbocycles. The molecule has 0 bridgehead atoms. The summed E-state index contributed by atoms with van der Waals surface area (Å²) in [5.74, 6) is 1.49. The predicted molar refractivity (Wildman–Crippen MR) is 106 cm³/mol. The lowest BCUT2D eigenvalue weighted by atomic mass is 10.1. The van der Waals surface area contributed by atoms with Gasteiger partial charge in [-0.15, -0.1) is 0 Å². The van der Waals surface area contributed by atoms with Gasteiger partial charge in [-0.3, -0.25) is 0 Å². The van der Waals surface area contributed by atoms with E-state index in [4.69, 9.17) is 9.47 Å². The normalized spacial score (nSPS) is 11.3. The number of unbranched alkanes of at least 4 members (excludes halogenated alkanes) is 2. The monoisotopic (exact) mass is 376 g/mol. The zero-order chi connectivity index (χ0) is 19.0. The summed E-state index contributed by atoms with van der Waals surface area (Å²) in [6.07, 6.45) is 5.35. The van der Waals surface area contributed by atoms with E-state index in [9.17, 15) is 8.42 Å². The lowest BCUT2D eigenvalue weighted by molar-refractivity contribution is 0.262. The van der Waals surface area contributed by atoms with E-state index in [0.29, 0.717) is 18.1 Å². The van der Waals surface area contributed by atoms with Crippen LogP contribution in [0.15, 0.2) is 47.4 Å². The fraction of sp³-hybridized carbons (Fsp3) is 0.429. The topological polar surface area (TPSA) is 52.6 Å². The number of benzene rings is 2. The SMILES string of the molecule is CCCCOc1ccc(-c2ccc(S(C)(=O)=O)cc2)cc1OCCCC. The van der Waals surface area contributed by atoms with Gasteiger partial charge in [0.15, 0.2) is 21.3 Å². The fourth-order valence-electron chi connectivity index (χ4n) is 2.47. The third-order valence-electron chi connectivity index (χ3n) is 4.07. The van der Waals surface area contributed by atoms with Crippen molar-refractivity contribution in [3.8, 4) is 22.6 Å². The van der Waals surface area contributed by atoms with Crippen molar-refractivity contribution in [1.29, 1.82) is 0 Å². The number of hydrogen-bond donors (Lipinski definition) is 0. The smallest absolute Gasteiger partial charge is 0.175 e. The van der Waals surface area contributed by atoms with E-state index >= 15 is 0 Å². The first-order valence-corrected chi connectivity index (χ1v) is 11.0. The highest BCUT2D eigenvalue weighted by atomic mass is 32.2. The van der Waals surface area contributed by atoms with Crippen LogP contribution in [0.25, 0.3) is 11.1 Å². The van der Waals surface area contributed by atoms with Gasteiger partial charge in [0, 0.05) is 6.26 Å². The van der Waals surface area contributed by atoms with Crippen molar-refractivity contribution in [1.82, 2.24) is 0 Å². The molecule has 0 N–H and O–H groups in total. The first-order valence-electron chi connectivity index (χ1n) is 9.15. The van der Waals surface area contributed by atoms with Gasteiger partial charge in [-0.2, -0.15) is 0 Å². The van der Waals surface area contributed by atoms with Crippen LogP contribution < -0.4 is 9.47 Å². The zero-order valence-corrected chi connectivity index (χ0v) is 16.6. The van der Waals surface area contributed by atoms with E-state index in [1.165, 1.54) is 6.26 Å². The lowest BCUT2D eigenvalue weighted by Crippen LogP contribution is -2.02. The first kappa shape index (κ1) is 20.3. The average Bonchev–Trinajstić information content (AvgIpc) is 2.62. The molecule has 142 valence electrons. The van der Waals surface area contributed by atoms with Gasteiger partial charge < -0.3 is 9.47 Å². The molecule has 5 heteroatoms. The molecule has 0 heterocycles. The second-order valence-electron chi connectivity index (χ2n) is 6.36. The van der Waals surface area contributed by atoms with Crippen molar-refractivity contribution >= 4 is 9.84 Å². The number of ether oxygens (including phenoxy) is 2. The van der Waals surface area contributed by atoms with Crippen molar-refractivity contribution in [3.05, 3.63) is 42.5 Å². The van der Waals surface area contributed by atoms with Gasteiger partial charge in [0.25, 0.3) is 0 Å². The summed E-state index contributed by atoms with van der Waals surface area (Å²) in [7, 11) is -3.19. The molecular formula is C21H28O4S. The highest BCUT2D eigenvalue weighted by Crippen LogP contribution is 2.33. The van der Waals surface area contributed by atoms with E-state index in [2.05, 4.69) is 13.8 Å². The van der Waals surface area contributed by atoms with E-state index in [0.717, 1.165) is 48.3 Å². The highest BCUT2D eigenvalue weighted by molar-refractivity contribution is 7.90. The van der Waals surface area contributed by atoms with Crippen LogP contribution in [0.4, 0.5) is 0 Å². The Hall–Kier alpha value is -2.01. The summed E-state index contributed by atoms with van der Waals surface area (Å²) in [4.78, 5) is 0.320. The Kier molecular flexibility index (Phi) is 7.51. The summed E-state index contributed by atoms with van der Waals surface area (Å²) < 4.78 is 35.0. The molecule has 26 heavy (non-hydrogen) atoms. The summed E-state index contributed by atoms with van der Waals surface area (Å²) in [5.41, 5.74) is 1.91. The Morgan fingerprint density at radius 3 is 1.85 bits per heavy atom. The van der Waals surface area contributed by atoms with Crippen molar-refractivity contribution < 1.29 is 17.9 Å². The van der Waals surface area contributed by atoms with E-state index in [-0.39, 0.29) is 0 Å². The molecule has 0 aliphatic carbocycles. The van der Waals surface area contributed by atoms with Crippen LogP contribution in [0.1, 0.15) is 39.5 Å². The zero-order valence-electron chi connectivity index (χ0n) is 15.8. The second kappa shape index (κ2) is 9.62. The Morgan fingerprint density at radius 2 is 1.31 bits per heavy atom. The molecule has 0 amide bonds. The molecule has 0 atom stereocenters. The molecule has 4 nitrogen and oxygen atoms in total. The van der Waals surface area contributed by atoms with E-state index < -0.39 is 9.84 Å². The van der Waals surface area contributed by atoms with Crippen LogP contribution in [0, 0.1) is 0 Å². The maximum Gasteiger partial charge on any atom is 0.175 e. The molecule has 0 radical (unpaired) electrons. The fourth-order valence-corrected chi connectivity index (χ4v) is 3.10. The molecule has 2 aromatic rings. The van der Waals surface area contributed by atoms with Gasteiger partial charge in [0.2, 0.25) is 0 Å². The van der Waals surface area contributed by atoms with Crippen LogP contribution in [-0.2, 0) is 9.84 Å². The highest BCUT2D eigenvalue weighted by Gasteiger charge is 2.10. The molecule has 0 unspecified atom stereocenters. The summed E-state index contributed by atoms with van der Waals surface area (Å²) in [6, 6.07) is 12.8. The minimum absolute atomic E-state index is 0.320. The van der Waals surface area contributed by atoms with E-state index in [1.54, 1.807) is 12.1 Å². The standard InChI is InChI=1S/C21H28O4S/c1-4-6-14-24-20-13-10-18(16-21(20)25-15-7-5-2)17-8-11-19(12-9-17)26(3,22)23/h8-13,16H,4-7,14-15H2,1-3H3. The van der Waals surface area contributed by atoms with Crippen LogP contribution in [0.2, 0.25) is 0 Å². The molecule has 2 aromatic carbocycles. The number of hydrogen-bond acceptors (Lipinski definition) is 4. The van der Waals surface area contributed by atoms with Crippen LogP contribution in [0.5, 0.6) is 11.5 Å². The van der Waals surface area contributed by atoms with Gasteiger partial charge in [0.1, 0.15) is 0 Å². The third-order valence-corrected chi connectivity index (χ3v) is 5.20. The predicted octanol–water partition coefficient (Wildman–Crippen LogP) is 5.11. The first-order chi connectivity index (χ1) is 12.5. The Morgan fingerprint density at radius 1 is 0.769 bits per heavy atom. The summed E-state index contributed by atoms with van der Waals surface area (Å²) >= 11 is 0. The molecule has 2 rings (SSSR count). The molecule has 0 aromatic heterocycles. The minimum Gasteiger partial charge on any atom is -0.490 e. The molecule has 0 fully saturated rings. The van der Waals surface area contributed by atoms with Crippen molar-refractivity contribution in [2.75, 3.05) is 19.5 Å². The van der Waals surface area contributed by atoms with Gasteiger partial charge in [0.05, 0.1) is 18.1 Å². The summed E-state index contributed by atoms with van der Waals surface area (Å²) in [5, 5.41) is 0. The van der Waals surface area contributed by atoms with Crippen LogP contribution in [-0.4, -0.2) is 27.9 Å². The number of rotatable bonds is 10. The minimum atomic E-state index is -3.19. The van der Waals surface area contributed by atoms with Crippen molar-refractivity contribution in [2.24, 2.45) is 0 Å². The third kappa shape index (κ3) is 5.77. The molecule has 0 saturated heterocycles. The van der Waals surface area contributed by atoms with E-state index in [1.807, 2.05) is 30.3 Å². The number of sulfone groups is 1. The largest absolute Gasteiger partial charge is 0.490 e. The molecule has 0 aliphatic heterocycles. The Balaban J connectivity index is 2.26. The molecule has 0 spiro atoms. The maximum atomic E-state index is 11.6. The van der Waals surface area contributed by atoms with Crippen LogP contribution >= 0.6 is 0 Å². The summed E-state index contributed by atoms with van der Waals surface area (Å²) in [6.45, 7) is 5.58. The van der Waals surface area contributed by atoms with Gasteiger partial charge in [-0.05, 0) is 48.2 Å². The Bertz CT molecular complexity index is 795. The molecule has 0 aliphatic rings. The van der Waals surface area contributed by atoms with Gasteiger partial charge in [-0.1, -0.05) is 44.9 Å². The van der Waals surface area contributed by atoms with Crippen molar-refractivity contribution in [3.63, 3.8) is 0 Å². The molecular weight excluding hydrogens is 348 g/mol. The lowest BCUT2D eigenvalue weighted by Gasteiger charge is -2.14. The van der Waals surface area contributed by atoms with Crippen molar-refractivity contribution in [2.45, 2.75) is 44.4 Å². The second-order valence-corrected chi connectivity index (χ2v) is 8.38. The quantitative estimate of drug-likeness (QED) is 0.540. The van der Waals surface area contributed by atoms with Crippen LogP contribution in [0.3, 0.4) is 0 Å².